The predicted molar refractivity (Wildman–Crippen MR) is 39.4 cm³/mol. The fourth-order valence-electron chi connectivity index (χ4n) is 0.321. The molecule has 0 aromatic carbocycles. The second-order valence-electron chi connectivity index (χ2n) is 3.46. The summed E-state index contributed by atoms with van der Waals surface area (Å²) in [5.74, 6) is 0. The van der Waals surface area contributed by atoms with E-state index in [1.54, 1.807) is 20.8 Å². The molecule has 0 radical (unpaired) electrons. The number of hydrogen-bond donors (Lipinski definition) is 1. The minimum absolute atomic E-state index is 0.427. The standard InChI is InChI=1S/C7H15F2NO/c1-5(6(8)9)10-11-7(2,3)4/h5-6,10H,1-4H3. The van der Waals surface area contributed by atoms with Gasteiger partial charge in [-0.2, -0.15) is 5.48 Å². The van der Waals surface area contributed by atoms with E-state index in [4.69, 9.17) is 4.84 Å². The Kier molecular flexibility index (Phi) is 3.89. The molecule has 1 unspecified atom stereocenters. The summed E-state index contributed by atoms with van der Waals surface area (Å²) in [4.78, 5) is 4.92. The lowest BCUT2D eigenvalue weighted by atomic mass is 10.2. The molecule has 0 aliphatic rings. The first-order chi connectivity index (χ1) is 4.83. The number of alkyl halides is 2. The fraction of sp³-hybridized carbons (Fsp3) is 1.00. The van der Waals surface area contributed by atoms with Gasteiger partial charge in [-0.05, 0) is 27.7 Å². The van der Waals surface area contributed by atoms with Crippen LogP contribution in [0.3, 0.4) is 0 Å². The van der Waals surface area contributed by atoms with Crippen LogP contribution in [0.2, 0.25) is 0 Å². The van der Waals surface area contributed by atoms with Gasteiger partial charge in [0.1, 0.15) is 0 Å². The van der Waals surface area contributed by atoms with Crippen molar-refractivity contribution in [3.05, 3.63) is 0 Å². The van der Waals surface area contributed by atoms with Gasteiger partial charge in [-0.1, -0.05) is 0 Å². The molecule has 0 saturated carbocycles. The van der Waals surface area contributed by atoms with E-state index in [-0.39, 0.29) is 0 Å². The van der Waals surface area contributed by atoms with Gasteiger partial charge >= 0.3 is 0 Å². The predicted octanol–water partition coefficient (Wildman–Crippen LogP) is 1.96. The van der Waals surface area contributed by atoms with Gasteiger partial charge in [0.05, 0.1) is 11.6 Å². The third-order valence-electron chi connectivity index (χ3n) is 0.929. The zero-order chi connectivity index (χ0) is 9.07. The van der Waals surface area contributed by atoms with Gasteiger partial charge in [0.25, 0.3) is 6.43 Å². The summed E-state index contributed by atoms with van der Waals surface area (Å²) in [5, 5.41) is 0. The van der Waals surface area contributed by atoms with Crippen molar-refractivity contribution in [1.82, 2.24) is 5.48 Å². The van der Waals surface area contributed by atoms with Crippen LogP contribution in [-0.2, 0) is 4.84 Å². The van der Waals surface area contributed by atoms with Crippen LogP contribution >= 0.6 is 0 Å². The Bertz CT molecular complexity index is 111. The number of hydrogen-bond acceptors (Lipinski definition) is 2. The molecule has 0 amide bonds. The van der Waals surface area contributed by atoms with Crippen LogP contribution < -0.4 is 5.48 Å². The van der Waals surface area contributed by atoms with Crippen molar-refractivity contribution in [1.29, 1.82) is 0 Å². The van der Waals surface area contributed by atoms with Crippen LogP contribution in [0.5, 0.6) is 0 Å². The highest BCUT2D eigenvalue weighted by Crippen LogP contribution is 2.06. The molecule has 2 nitrogen and oxygen atoms in total. The minimum Gasteiger partial charge on any atom is -0.296 e. The molecule has 11 heavy (non-hydrogen) atoms. The Hall–Kier alpha value is -0.220. The highest BCUT2D eigenvalue weighted by molar-refractivity contribution is 4.61. The molecule has 0 aliphatic heterocycles. The van der Waals surface area contributed by atoms with Gasteiger partial charge in [-0.15, -0.1) is 0 Å². The first-order valence-electron chi connectivity index (χ1n) is 3.54. The molecule has 0 saturated heterocycles. The van der Waals surface area contributed by atoms with E-state index < -0.39 is 18.1 Å². The Labute approximate surface area is 65.9 Å². The molecule has 0 aromatic heterocycles. The highest BCUT2D eigenvalue weighted by Gasteiger charge is 2.18. The summed E-state index contributed by atoms with van der Waals surface area (Å²) in [5.41, 5.74) is 1.84. The average Bonchev–Trinajstić information content (AvgIpc) is 1.80. The zero-order valence-electron chi connectivity index (χ0n) is 7.32. The normalized spacial score (nSPS) is 15.5. The van der Waals surface area contributed by atoms with E-state index in [9.17, 15) is 8.78 Å². The average molecular weight is 167 g/mol. The fourth-order valence-corrected chi connectivity index (χ4v) is 0.321. The van der Waals surface area contributed by atoms with Gasteiger partial charge in [-0.25, -0.2) is 8.78 Å². The molecule has 68 valence electrons. The third kappa shape index (κ3) is 6.19. The molecular weight excluding hydrogens is 152 g/mol. The van der Waals surface area contributed by atoms with Crippen molar-refractivity contribution in [2.75, 3.05) is 0 Å². The Morgan fingerprint density at radius 2 is 1.73 bits per heavy atom. The highest BCUT2D eigenvalue weighted by atomic mass is 19.3. The molecule has 4 heteroatoms. The maximum atomic E-state index is 11.9. The maximum absolute atomic E-state index is 11.9. The molecule has 0 heterocycles. The van der Waals surface area contributed by atoms with Crippen LogP contribution in [-0.4, -0.2) is 18.1 Å². The largest absolute Gasteiger partial charge is 0.296 e. The first kappa shape index (κ1) is 10.8. The van der Waals surface area contributed by atoms with Gasteiger partial charge in [0, 0.05) is 0 Å². The Balaban J connectivity index is 3.54. The first-order valence-corrected chi connectivity index (χ1v) is 3.54. The van der Waals surface area contributed by atoms with E-state index in [1.165, 1.54) is 6.92 Å². The van der Waals surface area contributed by atoms with E-state index in [0.717, 1.165) is 0 Å². The molecule has 0 fully saturated rings. The van der Waals surface area contributed by atoms with Crippen molar-refractivity contribution in [3.8, 4) is 0 Å². The number of halogens is 2. The molecule has 0 bridgehead atoms. The van der Waals surface area contributed by atoms with Gasteiger partial charge in [-0.3, -0.25) is 4.84 Å². The summed E-state index contributed by atoms with van der Waals surface area (Å²) < 4.78 is 23.7. The number of hydroxylamine groups is 1. The molecule has 0 aliphatic carbocycles. The molecule has 1 atom stereocenters. The van der Waals surface area contributed by atoms with Crippen molar-refractivity contribution in [3.63, 3.8) is 0 Å². The van der Waals surface area contributed by atoms with Gasteiger partial charge < -0.3 is 0 Å². The lowest BCUT2D eigenvalue weighted by Gasteiger charge is -2.22. The molecule has 0 spiro atoms. The SMILES string of the molecule is CC(NOC(C)(C)C)C(F)F. The number of nitrogens with one attached hydrogen (secondary N) is 1. The van der Waals surface area contributed by atoms with Crippen LogP contribution in [0.1, 0.15) is 27.7 Å². The minimum atomic E-state index is -2.39. The van der Waals surface area contributed by atoms with E-state index in [1.807, 2.05) is 0 Å². The Morgan fingerprint density at radius 1 is 1.27 bits per heavy atom. The van der Waals surface area contributed by atoms with Crippen LogP contribution in [0.25, 0.3) is 0 Å². The molecule has 0 rings (SSSR count). The van der Waals surface area contributed by atoms with Crippen LogP contribution in [0.15, 0.2) is 0 Å². The second-order valence-corrected chi connectivity index (χ2v) is 3.46. The third-order valence-corrected chi connectivity index (χ3v) is 0.929. The molecular formula is C7H15F2NO. The topological polar surface area (TPSA) is 21.3 Å². The van der Waals surface area contributed by atoms with Gasteiger partial charge in [0.2, 0.25) is 0 Å². The lowest BCUT2D eigenvalue weighted by molar-refractivity contribution is -0.107. The monoisotopic (exact) mass is 167 g/mol. The maximum Gasteiger partial charge on any atom is 0.255 e. The summed E-state index contributed by atoms with van der Waals surface area (Å²) in [7, 11) is 0. The van der Waals surface area contributed by atoms with E-state index in [2.05, 4.69) is 5.48 Å². The van der Waals surface area contributed by atoms with Crippen molar-refractivity contribution < 1.29 is 13.6 Å². The smallest absolute Gasteiger partial charge is 0.255 e. The summed E-state index contributed by atoms with van der Waals surface area (Å²) in [6.07, 6.45) is -2.39. The van der Waals surface area contributed by atoms with Crippen LogP contribution in [0.4, 0.5) is 8.78 Å². The van der Waals surface area contributed by atoms with E-state index in [0.29, 0.717) is 0 Å². The van der Waals surface area contributed by atoms with Crippen molar-refractivity contribution in [2.24, 2.45) is 0 Å². The van der Waals surface area contributed by atoms with Crippen molar-refractivity contribution in [2.45, 2.75) is 45.8 Å². The summed E-state index contributed by atoms with van der Waals surface area (Å²) in [6.45, 7) is 6.74. The van der Waals surface area contributed by atoms with E-state index >= 15 is 0 Å². The second kappa shape index (κ2) is 3.97. The van der Waals surface area contributed by atoms with Gasteiger partial charge in [0.15, 0.2) is 0 Å². The zero-order valence-corrected chi connectivity index (χ0v) is 7.32. The molecule has 1 N–H and O–H groups in total. The summed E-state index contributed by atoms with van der Waals surface area (Å²) in [6, 6.07) is -0.922. The Morgan fingerprint density at radius 3 is 2.00 bits per heavy atom. The lowest BCUT2D eigenvalue weighted by Crippen LogP contribution is -2.38. The van der Waals surface area contributed by atoms with Crippen molar-refractivity contribution >= 4 is 0 Å². The quantitative estimate of drug-likeness (QED) is 0.649. The molecule has 0 aromatic rings. The van der Waals surface area contributed by atoms with Crippen LogP contribution in [0, 0.1) is 0 Å². The summed E-state index contributed by atoms with van der Waals surface area (Å²) >= 11 is 0. The number of rotatable bonds is 3.